The van der Waals surface area contributed by atoms with E-state index in [1.54, 1.807) is 6.20 Å². The SMILES string of the molecule is CCOC(C)c1ncc(CO)s1. The lowest BCUT2D eigenvalue weighted by atomic mass is 10.4. The van der Waals surface area contributed by atoms with Crippen LogP contribution in [0.4, 0.5) is 0 Å². The predicted molar refractivity (Wildman–Crippen MR) is 48.1 cm³/mol. The van der Waals surface area contributed by atoms with Gasteiger partial charge in [0.2, 0.25) is 0 Å². The summed E-state index contributed by atoms with van der Waals surface area (Å²) >= 11 is 1.49. The maximum Gasteiger partial charge on any atom is 0.121 e. The van der Waals surface area contributed by atoms with Crippen LogP contribution in [-0.4, -0.2) is 16.7 Å². The first-order valence-corrected chi connectivity index (χ1v) is 4.76. The number of rotatable bonds is 4. The van der Waals surface area contributed by atoms with Crippen molar-refractivity contribution in [2.24, 2.45) is 0 Å². The van der Waals surface area contributed by atoms with Crippen molar-refractivity contribution in [3.63, 3.8) is 0 Å². The molecular formula is C8H13NO2S. The van der Waals surface area contributed by atoms with Gasteiger partial charge in [0.1, 0.15) is 11.1 Å². The lowest BCUT2D eigenvalue weighted by Crippen LogP contribution is -1.97. The van der Waals surface area contributed by atoms with Gasteiger partial charge in [-0.05, 0) is 13.8 Å². The predicted octanol–water partition coefficient (Wildman–Crippen LogP) is 1.73. The van der Waals surface area contributed by atoms with Crippen LogP contribution in [0.1, 0.15) is 29.8 Å². The third-order valence-corrected chi connectivity index (χ3v) is 2.63. The van der Waals surface area contributed by atoms with Crippen LogP contribution in [0.2, 0.25) is 0 Å². The summed E-state index contributed by atoms with van der Waals surface area (Å²) < 4.78 is 5.35. The Balaban J connectivity index is 2.61. The zero-order valence-electron chi connectivity index (χ0n) is 7.28. The number of aliphatic hydroxyl groups excluding tert-OH is 1. The molecule has 1 aromatic heterocycles. The van der Waals surface area contributed by atoms with Gasteiger partial charge in [-0.1, -0.05) is 0 Å². The average Bonchev–Trinajstić information content (AvgIpc) is 2.52. The van der Waals surface area contributed by atoms with Gasteiger partial charge in [-0.3, -0.25) is 0 Å². The maximum atomic E-state index is 8.79. The van der Waals surface area contributed by atoms with E-state index in [4.69, 9.17) is 9.84 Å². The Hall–Kier alpha value is -0.450. The number of aromatic nitrogens is 1. The van der Waals surface area contributed by atoms with Crippen LogP contribution < -0.4 is 0 Å². The topological polar surface area (TPSA) is 42.4 Å². The molecule has 12 heavy (non-hydrogen) atoms. The molecule has 1 rings (SSSR count). The van der Waals surface area contributed by atoms with E-state index in [0.29, 0.717) is 6.61 Å². The van der Waals surface area contributed by atoms with Crippen molar-refractivity contribution in [2.75, 3.05) is 6.61 Å². The van der Waals surface area contributed by atoms with Crippen molar-refractivity contribution in [3.8, 4) is 0 Å². The molecule has 0 fully saturated rings. The Morgan fingerprint density at radius 3 is 3.00 bits per heavy atom. The summed E-state index contributed by atoms with van der Waals surface area (Å²) in [5.74, 6) is 0. The molecule has 0 aromatic carbocycles. The molecule has 0 saturated carbocycles. The molecule has 0 radical (unpaired) electrons. The lowest BCUT2D eigenvalue weighted by Gasteiger charge is -2.06. The standard InChI is InChI=1S/C8H13NO2S/c1-3-11-6(2)8-9-4-7(5-10)12-8/h4,6,10H,3,5H2,1-2H3. The number of aliphatic hydroxyl groups is 1. The summed E-state index contributed by atoms with van der Waals surface area (Å²) in [6.07, 6.45) is 1.73. The molecule has 3 nitrogen and oxygen atoms in total. The highest BCUT2D eigenvalue weighted by molar-refractivity contribution is 7.11. The Morgan fingerprint density at radius 1 is 1.75 bits per heavy atom. The summed E-state index contributed by atoms with van der Waals surface area (Å²) in [5, 5.41) is 9.72. The molecule has 1 N–H and O–H groups in total. The molecule has 0 aliphatic heterocycles. The third kappa shape index (κ3) is 2.27. The number of ether oxygens (including phenoxy) is 1. The molecule has 0 saturated heterocycles. The lowest BCUT2D eigenvalue weighted by molar-refractivity contribution is 0.0762. The van der Waals surface area contributed by atoms with E-state index >= 15 is 0 Å². The summed E-state index contributed by atoms with van der Waals surface area (Å²) in [6, 6.07) is 0. The van der Waals surface area contributed by atoms with Crippen molar-refractivity contribution in [3.05, 3.63) is 16.1 Å². The van der Waals surface area contributed by atoms with Gasteiger partial charge in [0, 0.05) is 12.8 Å². The van der Waals surface area contributed by atoms with Crippen molar-refractivity contribution < 1.29 is 9.84 Å². The Labute approximate surface area is 76.0 Å². The fraction of sp³-hybridized carbons (Fsp3) is 0.625. The molecule has 0 bridgehead atoms. The second kappa shape index (κ2) is 4.54. The minimum atomic E-state index is 0.0419. The summed E-state index contributed by atoms with van der Waals surface area (Å²) in [5.41, 5.74) is 0. The average molecular weight is 187 g/mol. The van der Waals surface area contributed by atoms with Crippen LogP contribution in [0.25, 0.3) is 0 Å². The number of hydrogen-bond donors (Lipinski definition) is 1. The smallest absolute Gasteiger partial charge is 0.121 e. The van der Waals surface area contributed by atoms with Gasteiger partial charge >= 0.3 is 0 Å². The molecule has 0 amide bonds. The van der Waals surface area contributed by atoms with Gasteiger partial charge in [0.15, 0.2) is 0 Å². The highest BCUT2D eigenvalue weighted by Gasteiger charge is 2.09. The quantitative estimate of drug-likeness (QED) is 0.780. The number of thiazole rings is 1. The van der Waals surface area contributed by atoms with Gasteiger partial charge in [-0.15, -0.1) is 11.3 Å². The molecule has 1 unspecified atom stereocenters. The van der Waals surface area contributed by atoms with Crippen molar-refractivity contribution in [1.82, 2.24) is 4.98 Å². The fourth-order valence-corrected chi connectivity index (χ4v) is 1.68. The fourth-order valence-electron chi connectivity index (χ4n) is 0.905. The van der Waals surface area contributed by atoms with Crippen LogP contribution in [0.3, 0.4) is 0 Å². The van der Waals surface area contributed by atoms with Crippen molar-refractivity contribution in [2.45, 2.75) is 26.6 Å². The minimum Gasteiger partial charge on any atom is -0.391 e. The van der Waals surface area contributed by atoms with E-state index in [-0.39, 0.29) is 12.7 Å². The van der Waals surface area contributed by atoms with E-state index in [1.165, 1.54) is 11.3 Å². The first-order chi connectivity index (χ1) is 5.77. The van der Waals surface area contributed by atoms with E-state index in [1.807, 2.05) is 13.8 Å². The molecule has 1 aromatic rings. The van der Waals surface area contributed by atoms with Crippen LogP contribution in [0.5, 0.6) is 0 Å². The highest BCUT2D eigenvalue weighted by Crippen LogP contribution is 2.22. The normalized spacial score (nSPS) is 13.2. The van der Waals surface area contributed by atoms with E-state index in [2.05, 4.69) is 4.98 Å². The number of nitrogens with zero attached hydrogens (tertiary/aromatic N) is 1. The molecule has 0 aliphatic rings. The first-order valence-electron chi connectivity index (χ1n) is 3.95. The third-order valence-electron chi connectivity index (χ3n) is 1.49. The van der Waals surface area contributed by atoms with E-state index in [9.17, 15) is 0 Å². The zero-order valence-corrected chi connectivity index (χ0v) is 8.10. The monoisotopic (exact) mass is 187 g/mol. The molecule has 68 valence electrons. The van der Waals surface area contributed by atoms with Crippen molar-refractivity contribution >= 4 is 11.3 Å². The summed E-state index contributed by atoms with van der Waals surface area (Å²) in [6.45, 7) is 4.67. The summed E-state index contributed by atoms with van der Waals surface area (Å²) in [7, 11) is 0. The zero-order chi connectivity index (χ0) is 8.97. The molecule has 0 spiro atoms. The molecule has 4 heteroatoms. The number of hydrogen-bond acceptors (Lipinski definition) is 4. The van der Waals surface area contributed by atoms with Crippen LogP contribution in [0, 0.1) is 0 Å². The van der Waals surface area contributed by atoms with Crippen LogP contribution >= 0.6 is 11.3 Å². The van der Waals surface area contributed by atoms with Gasteiger partial charge in [0.25, 0.3) is 0 Å². The van der Waals surface area contributed by atoms with E-state index < -0.39 is 0 Å². The van der Waals surface area contributed by atoms with Gasteiger partial charge in [-0.25, -0.2) is 4.98 Å². The minimum absolute atomic E-state index is 0.0419. The molecule has 1 atom stereocenters. The van der Waals surface area contributed by atoms with Crippen molar-refractivity contribution in [1.29, 1.82) is 0 Å². The molecule has 0 aliphatic carbocycles. The van der Waals surface area contributed by atoms with Crippen LogP contribution in [0.15, 0.2) is 6.20 Å². The Bertz CT molecular complexity index is 237. The van der Waals surface area contributed by atoms with Gasteiger partial charge in [0.05, 0.1) is 11.5 Å². The first kappa shape index (κ1) is 9.64. The second-order valence-electron chi connectivity index (χ2n) is 2.42. The summed E-state index contributed by atoms with van der Waals surface area (Å²) in [4.78, 5) is 5.02. The van der Waals surface area contributed by atoms with Crippen LogP contribution in [-0.2, 0) is 11.3 Å². The molecule has 1 heterocycles. The molecular weight excluding hydrogens is 174 g/mol. The highest BCUT2D eigenvalue weighted by atomic mass is 32.1. The van der Waals surface area contributed by atoms with Gasteiger partial charge < -0.3 is 9.84 Å². The van der Waals surface area contributed by atoms with E-state index in [0.717, 1.165) is 9.88 Å². The van der Waals surface area contributed by atoms with Gasteiger partial charge in [-0.2, -0.15) is 0 Å². The Kier molecular flexibility index (Phi) is 3.65. The maximum absolute atomic E-state index is 8.79. The largest absolute Gasteiger partial charge is 0.391 e. The second-order valence-corrected chi connectivity index (χ2v) is 3.57. The Morgan fingerprint density at radius 2 is 2.50 bits per heavy atom.